The van der Waals surface area contributed by atoms with Gasteiger partial charge in [-0.2, -0.15) is 0 Å². The standard InChI is InChI=1S/C19H28N2O2/c22-13-15-7-9-16(10-8-15)18(23)21-19(11-4-12-20-14-19)17-5-2-1-3-6-17/h1-3,5-6,15-16,20,22H,4,7-14H2,(H,21,23)/t15?,16?,19-/m1/s1. The number of nitrogens with one attached hydrogen (secondary N) is 2. The fourth-order valence-corrected chi connectivity index (χ4v) is 4.03. The zero-order chi connectivity index (χ0) is 16.1. The van der Waals surface area contributed by atoms with Crippen LogP contribution in [0.1, 0.15) is 44.1 Å². The van der Waals surface area contributed by atoms with Crippen LogP contribution in [-0.2, 0) is 10.3 Å². The molecule has 0 radical (unpaired) electrons. The van der Waals surface area contributed by atoms with Crippen LogP contribution in [0.3, 0.4) is 0 Å². The molecular weight excluding hydrogens is 288 g/mol. The topological polar surface area (TPSA) is 61.4 Å². The lowest BCUT2D eigenvalue weighted by atomic mass is 9.79. The van der Waals surface area contributed by atoms with Gasteiger partial charge in [0.15, 0.2) is 0 Å². The lowest BCUT2D eigenvalue weighted by Crippen LogP contribution is -2.56. The number of piperidine rings is 1. The molecule has 0 aromatic heterocycles. The van der Waals surface area contributed by atoms with Crippen molar-refractivity contribution in [3.05, 3.63) is 35.9 Å². The first kappa shape index (κ1) is 16.5. The number of aliphatic hydroxyl groups excluding tert-OH is 1. The second-order valence-corrected chi connectivity index (χ2v) is 7.12. The lowest BCUT2D eigenvalue weighted by molar-refractivity contribution is -0.128. The van der Waals surface area contributed by atoms with E-state index in [1.165, 1.54) is 5.56 Å². The van der Waals surface area contributed by atoms with Crippen molar-refractivity contribution in [3.63, 3.8) is 0 Å². The molecule has 1 heterocycles. The van der Waals surface area contributed by atoms with Gasteiger partial charge in [0.05, 0.1) is 5.54 Å². The lowest BCUT2D eigenvalue weighted by Gasteiger charge is -2.40. The minimum absolute atomic E-state index is 0.0975. The van der Waals surface area contributed by atoms with Crippen molar-refractivity contribution in [2.24, 2.45) is 11.8 Å². The van der Waals surface area contributed by atoms with Crippen LogP contribution in [-0.4, -0.2) is 30.7 Å². The molecule has 0 unspecified atom stereocenters. The number of aliphatic hydroxyl groups is 1. The summed E-state index contributed by atoms with van der Waals surface area (Å²) in [5, 5.41) is 16.1. The maximum Gasteiger partial charge on any atom is 0.223 e. The Kier molecular flexibility index (Phi) is 5.34. The van der Waals surface area contributed by atoms with Crippen LogP contribution < -0.4 is 10.6 Å². The molecule has 0 bridgehead atoms. The average Bonchev–Trinajstić information content (AvgIpc) is 2.63. The average molecular weight is 316 g/mol. The number of amides is 1. The molecule has 4 heteroatoms. The first-order valence-corrected chi connectivity index (χ1v) is 8.93. The summed E-state index contributed by atoms with van der Waals surface area (Å²) in [5.74, 6) is 0.674. The quantitative estimate of drug-likeness (QED) is 0.798. The number of hydrogen-bond acceptors (Lipinski definition) is 3. The maximum atomic E-state index is 12.8. The van der Waals surface area contributed by atoms with Gasteiger partial charge in [0, 0.05) is 19.1 Å². The Labute approximate surface area is 138 Å². The highest BCUT2D eigenvalue weighted by atomic mass is 16.3. The van der Waals surface area contributed by atoms with Crippen LogP contribution in [0.25, 0.3) is 0 Å². The summed E-state index contributed by atoms with van der Waals surface area (Å²) in [7, 11) is 0. The van der Waals surface area contributed by atoms with Gasteiger partial charge in [-0.1, -0.05) is 30.3 Å². The fourth-order valence-electron chi connectivity index (χ4n) is 4.03. The molecule has 2 aliphatic rings. The van der Waals surface area contributed by atoms with E-state index in [4.69, 9.17) is 0 Å². The third-order valence-electron chi connectivity index (χ3n) is 5.55. The normalized spacial score (nSPS) is 31.5. The summed E-state index contributed by atoms with van der Waals surface area (Å²) in [6.45, 7) is 2.08. The van der Waals surface area contributed by atoms with Crippen LogP contribution in [0.2, 0.25) is 0 Å². The Bertz CT molecular complexity index is 503. The molecule has 1 atom stereocenters. The van der Waals surface area contributed by atoms with Crippen LogP contribution in [0.15, 0.2) is 30.3 Å². The van der Waals surface area contributed by atoms with Gasteiger partial charge < -0.3 is 15.7 Å². The molecule has 2 fully saturated rings. The van der Waals surface area contributed by atoms with Gasteiger partial charge in [0.25, 0.3) is 0 Å². The molecule has 1 aliphatic carbocycles. The summed E-state index contributed by atoms with van der Waals surface area (Å²) in [5.41, 5.74) is 0.925. The Hall–Kier alpha value is -1.39. The van der Waals surface area contributed by atoms with E-state index >= 15 is 0 Å². The van der Waals surface area contributed by atoms with Crippen molar-refractivity contribution in [1.82, 2.24) is 10.6 Å². The fraction of sp³-hybridized carbons (Fsp3) is 0.632. The zero-order valence-electron chi connectivity index (χ0n) is 13.8. The highest BCUT2D eigenvalue weighted by Crippen LogP contribution is 2.32. The molecule has 1 aliphatic heterocycles. The van der Waals surface area contributed by atoms with E-state index in [2.05, 4.69) is 22.8 Å². The number of hydrogen-bond donors (Lipinski definition) is 3. The second-order valence-electron chi connectivity index (χ2n) is 7.12. The summed E-state index contributed by atoms with van der Waals surface area (Å²) in [6.07, 6.45) is 5.79. The number of carbonyl (C=O) groups excluding carboxylic acids is 1. The van der Waals surface area contributed by atoms with Gasteiger partial charge in [-0.3, -0.25) is 4.79 Å². The zero-order valence-corrected chi connectivity index (χ0v) is 13.8. The molecule has 1 saturated heterocycles. The van der Waals surface area contributed by atoms with Crippen LogP contribution >= 0.6 is 0 Å². The summed E-state index contributed by atoms with van der Waals surface area (Å²) < 4.78 is 0. The van der Waals surface area contributed by atoms with Crippen LogP contribution in [0.5, 0.6) is 0 Å². The van der Waals surface area contributed by atoms with E-state index in [0.29, 0.717) is 5.92 Å². The molecule has 3 rings (SSSR count). The highest BCUT2D eigenvalue weighted by molar-refractivity contribution is 5.79. The first-order valence-electron chi connectivity index (χ1n) is 8.93. The van der Waals surface area contributed by atoms with Gasteiger partial charge in [0.1, 0.15) is 0 Å². The maximum absolute atomic E-state index is 12.8. The molecule has 1 aromatic rings. The first-order chi connectivity index (χ1) is 11.2. The van der Waals surface area contributed by atoms with E-state index in [0.717, 1.165) is 51.6 Å². The van der Waals surface area contributed by atoms with Crippen molar-refractivity contribution < 1.29 is 9.90 Å². The van der Waals surface area contributed by atoms with Crippen LogP contribution in [0, 0.1) is 11.8 Å². The predicted molar refractivity (Wildman–Crippen MR) is 90.9 cm³/mol. The molecule has 4 nitrogen and oxygen atoms in total. The third kappa shape index (κ3) is 3.75. The minimum atomic E-state index is -0.273. The highest BCUT2D eigenvalue weighted by Gasteiger charge is 2.37. The van der Waals surface area contributed by atoms with E-state index in [-0.39, 0.29) is 24.0 Å². The van der Waals surface area contributed by atoms with E-state index < -0.39 is 0 Å². The Morgan fingerprint density at radius 1 is 1.22 bits per heavy atom. The van der Waals surface area contributed by atoms with E-state index in [9.17, 15) is 9.90 Å². The Morgan fingerprint density at radius 3 is 2.57 bits per heavy atom. The van der Waals surface area contributed by atoms with Crippen LogP contribution in [0.4, 0.5) is 0 Å². The summed E-state index contributed by atoms with van der Waals surface area (Å²) in [6, 6.07) is 10.4. The molecule has 1 aromatic carbocycles. The molecule has 126 valence electrons. The van der Waals surface area contributed by atoms with E-state index in [1.54, 1.807) is 0 Å². The summed E-state index contributed by atoms with van der Waals surface area (Å²) in [4.78, 5) is 12.8. The number of rotatable bonds is 4. The van der Waals surface area contributed by atoms with E-state index in [1.807, 2.05) is 18.2 Å². The van der Waals surface area contributed by atoms with Gasteiger partial charge >= 0.3 is 0 Å². The second kappa shape index (κ2) is 7.45. The van der Waals surface area contributed by atoms with Gasteiger partial charge in [-0.15, -0.1) is 0 Å². The van der Waals surface area contributed by atoms with Gasteiger partial charge in [0.2, 0.25) is 5.91 Å². The van der Waals surface area contributed by atoms with Gasteiger partial charge in [-0.25, -0.2) is 0 Å². The number of carbonyl (C=O) groups is 1. The van der Waals surface area contributed by atoms with Crippen molar-refractivity contribution in [2.45, 2.75) is 44.1 Å². The summed E-state index contributed by atoms with van der Waals surface area (Å²) >= 11 is 0. The molecule has 23 heavy (non-hydrogen) atoms. The molecule has 0 spiro atoms. The largest absolute Gasteiger partial charge is 0.396 e. The predicted octanol–water partition coefficient (Wildman–Crippen LogP) is 2.18. The smallest absolute Gasteiger partial charge is 0.223 e. The SMILES string of the molecule is O=C(N[C@]1(c2ccccc2)CCCNC1)C1CCC(CO)CC1. The Balaban J connectivity index is 1.70. The molecular formula is C19H28N2O2. The Morgan fingerprint density at radius 2 is 1.96 bits per heavy atom. The van der Waals surface area contributed by atoms with Crippen molar-refractivity contribution >= 4 is 5.91 Å². The third-order valence-corrected chi connectivity index (χ3v) is 5.55. The number of benzene rings is 1. The molecule has 1 saturated carbocycles. The monoisotopic (exact) mass is 316 g/mol. The minimum Gasteiger partial charge on any atom is -0.396 e. The van der Waals surface area contributed by atoms with Crippen molar-refractivity contribution in [2.75, 3.05) is 19.7 Å². The van der Waals surface area contributed by atoms with Crippen molar-refractivity contribution in [3.8, 4) is 0 Å². The molecule has 3 N–H and O–H groups in total. The van der Waals surface area contributed by atoms with Crippen molar-refractivity contribution in [1.29, 1.82) is 0 Å². The molecule has 1 amide bonds. The van der Waals surface area contributed by atoms with Gasteiger partial charge in [-0.05, 0) is 56.6 Å².